The zero-order chi connectivity index (χ0) is 16.8. The number of nitrogens with zero attached hydrogens (tertiary/aromatic N) is 1. The van der Waals surface area contributed by atoms with Crippen LogP contribution in [0.15, 0.2) is 0 Å². The topological polar surface area (TPSA) is 38.8 Å². The third-order valence-electron chi connectivity index (χ3n) is 3.99. The molecule has 0 heterocycles. The van der Waals surface area contributed by atoms with Crippen LogP contribution < -0.4 is 0 Å². The van der Waals surface area contributed by atoms with Gasteiger partial charge in [-0.2, -0.15) is 0 Å². The van der Waals surface area contributed by atoms with Gasteiger partial charge in [0.05, 0.1) is 0 Å². The summed E-state index contributed by atoms with van der Waals surface area (Å²) in [4.78, 5) is 14.3. The maximum absolute atomic E-state index is 12.1. The molecular weight excluding hydrogens is 314 g/mol. The fourth-order valence-corrected chi connectivity index (χ4v) is 2.25. The number of unbranched alkanes of at least 4 members (excludes halogenated alkanes) is 5. The second-order valence-corrected chi connectivity index (χ2v) is 6.29. The van der Waals surface area contributed by atoms with Crippen LogP contribution in [0.2, 0.25) is 0 Å². The van der Waals surface area contributed by atoms with Crippen LogP contribution in [-0.4, -0.2) is 49.3 Å². The van der Waals surface area contributed by atoms with Crippen molar-refractivity contribution in [2.24, 2.45) is 0 Å². The number of carbonyl (C=O) groups is 1. The van der Waals surface area contributed by atoms with Crippen LogP contribution >= 0.6 is 12.4 Å². The van der Waals surface area contributed by atoms with Gasteiger partial charge in [-0.1, -0.05) is 52.9 Å². The lowest BCUT2D eigenvalue weighted by molar-refractivity contribution is -0.168. The van der Waals surface area contributed by atoms with Crippen LogP contribution in [0.3, 0.4) is 0 Å². The van der Waals surface area contributed by atoms with E-state index < -0.39 is 5.60 Å². The quantitative estimate of drug-likeness (QED) is 0.342. The minimum absolute atomic E-state index is 0. The summed E-state index contributed by atoms with van der Waals surface area (Å²) >= 11 is 0. The van der Waals surface area contributed by atoms with E-state index in [1.54, 1.807) is 13.8 Å². The Morgan fingerprint density at radius 1 is 0.913 bits per heavy atom. The number of hydrogen-bond acceptors (Lipinski definition) is 4. The van der Waals surface area contributed by atoms with E-state index in [1.807, 2.05) is 0 Å². The Hall–Kier alpha value is -0.320. The zero-order valence-electron chi connectivity index (χ0n) is 15.9. The van der Waals surface area contributed by atoms with Gasteiger partial charge in [-0.05, 0) is 33.4 Å². The molecule has 0 saturated heterocycles. The van der Waals surface area contributed by atoms with Crippen LogP contribution in [0.5, 0.6) is 0 Å². The Kier molecular flexibility index (Phi) is 16.5. The molecule has 0 aliphatic carbocycles. The highest BCUT2D eigenvalue weighted by molar-refractivity contribution is 5.85. The Morgan fingerprint density at radius 3 is 2.04 bits per heavy atom. The molecule has 0 saturated carbocycles. The van der Waals surface area contributed by atoms with E-state index in [1.165, 1.54) is 32.1 Å². The Morgan fingerprint density at radius 2 is 1.48 bits per heavy atom. The number of carbonyl (C=O) groups excluding carboxylic acids is 1. The molecule has 140 valence electrons. The van der Waals surface area contributed by atoms with Crippen molar-refractivity contribution < 1.29 is 14.3 Å². The second kappa shape index (κ2) is 15.2. The third-order valence-corrected chi connectivity index (χ3v) is 3.99. The molecule has 0 aromatic rings. The van der Waals surface area contributed by atoms with Gasteiger partial charge in [0.2, 0.25) is 0 Å². The minimum atomic E-state index is -0.841. The van der Waals surface area contributed by atoms with E-state index >= 15 is 0 Å². The van der Waals surface area contributed by atoms with Gasteiger partial charge in [-0.15, -0.1) is 12.4 Å². The maximum atomic E-state index is 12.1. The summed E-state index contributed by atoms with van der Waals surface area (Å²) in [5, 5.41) is 0. The van der Waals surface area contributed by atoms with Crippen molar-refractivity contribution in [2.75, 3.05) is 32.8 Å². The van der Waals surface area contributed by atoms with Crippen LogP contribution in [0.25, 0.3) is 0 Å². The predicted molar refractivity (Wildman–Crippen MR) is 99.4 cm³/mol. The van der Waals surface area contributed by atoms with E-state index in [-0.39, 0.29) is 18.4 Å². The largest absolute Gasteiger partial charge is 0.462 e. The lowest BCUT2D eigenvalue weighted by atomic mass is 10.1. The van der Waals surface area contributed by atoms with E-state index in [9.17, 15) is 4.79 Å². The molecule has 0 aliphatic heterocycles. The summed E-state index contributed by atoms with van der Waals surface area (Å²) in [5.41, 5.74) is -0.841. The molecule has 0 atom stereocenters. The van der Waals surface area contributed by atoms with Crippen LogP contribution in [-0.2, 0) is 14.3 Å². The second-order valence-electron chi connectivity index (χ2n) is 6.29. The first-order valence-corrected chi connectivity index (χ1v) is 9.01. The molecular formula is C18H38ClNO3. The highest BCUT2D eigenvalue weighted by atomic mass is 35.5. The number of halogens is 1. The fourth-order valence-electron chi connectivity index (χ4n) is 2.25. The summed E-state index contributed by atoms with van der Waals surface area (Å²) in [6.07, 6.45) is 7.32. The SMILES string of the molecule is CCCCCCCCOC(C)(C)C(=O)OCCN(CC)CC.Cl. The molecule has 0 fully saturated rings. The van der Waals surface area contributed by atoms with Gasteiger partial charge in [-0.25, -0.2) is 4.79 Å². The lowest BCUT2D eigenvalue weighted by Gasteiger charge is -2.24. The van der Waals surface area contributed by atoms with Crippen molar-refractivity contribution in [3.05, 3.63) is 0 Å². The van der Waals surface area contributed by atoms with Crippen molar-refractivity contribution in [3.8, 4) is 0 Å². The summed E-state index contributed by atoms with van der Waals surface area (Å²) in [6, 6.07) is 0. The number of esters is 1. The van der Waals surface area contributed by atoms with E-state index in [0.717, 1.165) is 26.1 Å². The molecule has 0 radical (unpaired) electrons. The van der Waals surface area contributed by atoms with Crippen molar-refractivity contribution in [2.45, 2.75) is 78.7 Å². The summed E-state index contributed by atoms with van der Waals surface area (Å²) in [5.74, 6) is -0.259. The highest BCUT2D eigenvalue weighted by Crippen LogP contribution is 2.13. The Balaban J connectivity index is 0. The van der Waals surface area contributed by atoms with Gasteiger partial charge in [0.25, 0.3) is 0 Å². The smallest absolute Gasteiger partial charge is 0.337 e. The Bertz CT molecular complexity index is 281. The molecule has 0 aromatic heterocycles. The fraction of sp³-hybridized carbons (Fsp3) is 0.944. The van der Waals surface area contributed by atoms with Gasteiger partial charge < -0.3 is 14.4 Å². The molecule has 0 amide bonds. The standard InChI is InChI=1S/C18H37NO3.ClH/c1-6-9-10-11-12-13-15-22-18(4,5)17(20)21-16-14-19(7-2)8-3;/h6-16H2,1-5H3;1H. The van der Waals surface area contributed by atoms with Gasteiger partial charge in [0.15, 0.2) is 5.60 Å². The molecule has 0 spiro atoms. The molecule has 4 nitrogen and oxygen atoms in total. The average Bonchev–Trinajstić information content (AvgIpc) is 2.50. The van der Waals surface area contributed by atoms with Crippen molar-refractivity contribution in [1.82, 2.24) is 4.90 Å². The number of rotatable bonds is 14. The average molecular weight is 352 g/mol. The predicted octanol–water partition coefficient (Wildman–Crippen LogP) is 4.45. The van der Waals surface area contributed by atoms with E-state index in [4.69, 9.17) is 9.47 Å². The van der Waals surface area contributed by atoms with Crippen LogP contribution in [0, 0.1) is 0 Å². The zero-order valence-corrected chi connectivity index (χ0v) is 16.7. The third kappa shape index (κ3) is 12.7. The van der Waals surface area contributed by atoms with Crippen LogP contribution in [0.1, 0.15) is 73.1 Å². The maximum Gasteiger partial charge on any atom is 0.337 e. The molecule has 5 heteroatoms. The summed E-state index contributed by atoms with van der Waals surface area (Å²) in [7, 11) is 0. The normalized spacial score (nSPS) is 11.4. The molecule has 0 unspecified atom stereocenters. The van der Waals surface area contributed by atoms with Gasteiger partial charge in [-0.3, -0.25) is 0 Å². The van der Waals surface area contributed by atoms with Crippen molar-refractivity contribution in [3.63, 3.8) is 0 Å². The molecule has 0 rings (SSSR count). The molecule has 23 heavy (non-hydrogen) atoms. The highest BCUT2D eigenvalue weighted by Gasteiger charge is 2.30. The molecule has 0 bridgehead atoms. The molecule has 0 aliphatic rings. The number of likely N-dealkylation sites (N-methyl/N-ethyl adjacent to an activating group) is 1. The summed E-state index contributed by atoms with van der Waals surface area (Å²) < 4.78 is 11.1. The van der Waals surface area contributed by atoms with Crippen molar-refractivity contribution >= 4 is 18.4 Å². The lowest BCUT2D eigenvalue weighted by Crippen LogP contribution is -2.38. The summed E-state index contributed by atoms with van der Waals surface area (Å²) in [6.45, 7) is 13.8. The van der Waals surface area contributed by atoms with Gasteiger partial charge >= 0.3 is 5.97 Å². The van der Waals surface area contributed by atoms with E-state index in [0.29, 0.717) is 13.2 Å². The number of ether oxygens (including phenoxy) is 2. The number of hydrogen-bond donors (Lipinski definition) is 0. The van der Waals surface area contributed by atoms with Crippen LogP contribution in [0.4, 0.5) is 0 Å². The van der Waals surface area contributed by atoms with Gasteiger partial charge in [0.1, 0.15) is 6.61 Å². The minimum Gasteiger partial charge on any atom is -0.462 e. The van der Waals surface area contributed by atoms with E-state index in [2.05, 4.69) is 25.7 Å². The van der Waals surface area contributed by atoms with Gasteiger partial charge in [0, 0.05) is 13.2 Å². The first-order valence-electron chi connectivity index (χ1n) is 9.01. The Labute approximate surface area is 149 Å². The first-order chi connectivity index (χ1) is 10.5. The van der Waals surface area contributed by atoms with Crippen molar-refractivity contribution in [1.29, 1.82) is 0 Å². The molecule has 0 N–H and O–H groups in total. The first kappa shape index (κ1) is 24.9. The molecule has 0 aromatic carbocycles. The monoisotopic (exact) mass is 351 g/mol.